The van der Waals surface area contributed by atoms with E-state index < -0.39 is 12.1 Å². The van der Waals surface area contributed by atoms with Gasteiger partial charge in [0, 0.05) is 12.2 Å². The second-order valence-corrected chi connectivity index (χ2v) is 4.10. The van der Waals surface area contributed by atoms with Gasteiger partial charge < -0.3 is 15.5 Å². The van der Waals surface area contributed by atoms with Gasteiger partial charge in [-0.25, -0.2) is 0 Å². The zero-order valence-electron chi connectivity index (χ0n) is 10.2. The molecule has 4 heteroatoms. The molecular weight excluding hydrogens is 218 g/mol. The molecule has 1 aromatic carbocycles. The van der Waals surface area contributed by atoms with E-state index >= 15 is 0 Å². The van der Waals surface area contributed by atoms with E-state index in [2.05, 4.69) is 12.2 Å². The minimum absolute atomic E-state index is 0.236. The summed E-state index contributed by atoms with van der Waals surface area (Å²) in [6, 6.07) is 6.01. The van der Waals surface area contributed by atoms with E-state index in [1.807, 2.05) is 25.1 Å². The molecule has 0 heterocycles. The van der Waals surface area contributed by atoms with Crippen LogP contribution in [0.25, 0.3) is 0 Å². The van der Waals surface area contributed by atoms with Crippen LogP contribution in [0.2, 0.25) is 0 Å². The molecule has 1 atom stereocenters. The minimum Gasteiger partial charge on any atom is -0.481 e. The Balaban J connectivity index is 2.65. The number of carboxylic acids is 1. The Kier molecular flexibility index (Phi) is 4.97. The van der Waals surface area contributed by atoms with Crippen LogP contribution in [-0.4, -0.2) is 28.8 Å². The predicted molar refractivity (Wildman–Crippen MR) is 67.3 cm³/mol. The van der Waals surface area contributed by atoms with Gasteiger partial charge in [0.1, 0.15) is 0 Å². The number of aliphatic carboxylic acids is 1. The largest absolute Gasteiger partial charge is 0.481 e. The van der Waals surface area contributed by atoms with E-state index in [-0.39, 0.29) is 13.0 Å². The first-order valence-electron chi connectivity index (χ1n) is 5.76. The fourth-order valence-electron chi connectivity index (χ4n) is 1.77. The summed E-state index contributed by atoms with van der Waals surface area (Å²) in [5, 5.41) is 21.2. The summed E-state index contributed by atoms with van der Waals surface area (Å²) in [4.78, 5) is 10.4. The summed E-state index contributed by atoms with van der Waals surface area (Å²) in [5.41, 5.74) is 3.28. The lowest BCUT2D eigenvalue weighted by Gasteiger charge is -2.16. The quantitative estimate of drug-likeness (QED) is 0.705. The summed E-state index contributed by atoms with van der Waals surface area (Å²) in [5.74, 6) is -0.986. The Hall–Kier alpha value is -1.55. The minimum atomic E-state index is -0.986. The molecule has 0 spiro atoms. The van der Waals surface area contributed by atoms with Gasteiger partial charge in [0.15, 0.2) is 0 Å². The Morgan fingerprint density at radius 1 is 1.47 bits per heavy atom. The second-order valence-electron chi connectivity index (χ2n) is 4.10. The van der Waals surface area contributed by atoms with Crippen LogP contribution in [0.5, 0.6) is 0 Å². The highest BCUT2D eigenvalue weighted by molar-refractivity contribution is 5.67. The van der Waals surface area contributed by atoms with E-state index in [1.54, 1.807) is 0 Å². The monoisotopic (exact) mass is 237 g/mol. The van der Waals surface area contributed by atoms with Gasteiger partial charge in [-0.1, -0.05) is 25.1 Å². The second kappa shape index (κ2) is 6.25. The summed E-state index contributed by atoms with van der Waals surface area (Å²) in [6.45, 7) is 4.31. The number of aliphatic hydroxyl groups excluding tert-OH is 1. The lowest BCUT2D eigenvalue weighted by molar-refractivity contribution is -0.138. The average molecular weight is 237 g/mol. The van der Waals surface area contributed by atoms with Crippen LogP contribution in [0.15, 0.2) is 18.2 Å². The molecule has 0 radical (unpaired) electrons. The number of hydrogen-bond donors (Lipinski definition) is 3. The molecule has 0 saturated heterocycles. The highest BCUT2D eigenvalue weighted by Crippen LogP contribution is 2.20. The zero-order chi connectivity index (χ0) is 12.8. The molecule has 1 rings (SSSR count). The predicted octanol–water partition coefficient (Wildman–Crippen LogP) is 1.80. The molecule has 0 saturated carbocycles. The van der Waals surface area contributed by atoms with Crippen molar-refractivity contribution in [3.8, 4) is 0 Å². The van der Waals surface area contributed by atoms with Crippen LogP contribution in [0.4, 0.5) is 5.69 Å². The summed E-state index contributed by atoms with van der Waals surface area (Å²) >= 11 is 0. The van der Waals surface area contributed by atoms with Crippen molar-refractivity contribution < 1.29 is 15.0 Å². The van der Waals surface area contributed by atoms with Gasteiger partial charge in [-0.3, -0.25) is 4.79 Å². The molecule has 0 bridgehead atoms. The van der Waals surface area contributed by atoms with E-state index in [0.29, 0.717) is 0 Å². The highest BCUT2D eigenvalue weighted by atomic mass is 16.4. The molecule has 0 fully saturated rings. The number of hydrogen-bond acceptors (Lipinski definition) is 3. The number of anilines is 1. The average Bonchev–Trinajstić information content (AvgIpc) is 2.26. The summed E-state index contributed by atoms with van der Waals surface area (Å²) in [7, 11) is 0. The molecule has 0 aliphatic carbocycles. The maximum Gasteiger partial charge on any atom is 0.306 e. The maximum atomic E-state index is 10.4. The van der Waals surface area contributed by atoms with E-state index in [1.165, 1.54) is 5.56 Å². The smallest absolute Gasteiger partial charge is 0.306 e. The Morgan fingerprint density at radius 3 is 2.76 bits per heavy atom. The molecule has 4 nitrogen and oxygen atoms in total. The van der Waals surface area contributed by atoms with Gasteiger partial charge in [-0.05, 0) is 24.5 Å². The van der Waals surface area contributed by atoms with Crippen molar-refractivity contribution in [2.75, 3.05) is 11.9 Å². The first kappa shape index (κ1) is 13.5. The molecular formula is C13H19NO3. The van der Waals surface area contributed by atoms with Crippen molar-refractivity contribution >= 4 is 11.7 Å². The lowest BCUT2D eigenvalue weighted by atomic mass is 10.1. The summed E-state index contributed by atoms with van der Waals surface area (Å²) < 4.78 is 0. The van der Waals surface area contributed by atoms with Crippen LogP contribution in [0.1, 0.15) is 24.5 Å². The number of carboxylic acid groups (broad SMARTS) is 1. The van der Waals surface area contributed by atoms with Gasteiger partial charge in [0.25, 0.3) is 0 Å². The SMILES string of the molecule is CCc1cccc(C)c1NCC(O)CC(=O)O. The number of rotatable bonds is 6. The van der Waals surface area contributed by atoms with E-state index in [9.17, 15) is 9.90 Å². The Labute approximate surface area is 101 Å². The number of nitrogens with one attached hydrogen (secondary N) is 1. The number of aliphatic hydroxyl groups is 1. The molecule has 17 heavy (non-hydrogen) atoms. The number of para-hydroxylation sites is 1. The molecule has 1 unspecified atom stereocenters. The van der Waals surface area contributed by atoms with Crippen molar-refractivity contribution in [1.29, 1.82) is 0 Å². The highest BCUT2D eigenvalue weighted by Gasteiger charge is 2.10. The number of aryl methyl sites for hydroxylation is 2. The third-order valence-electron chi connectivity index (χ3n) is 2.66. The van der Waals surface area contributed by atoms with Crippen LogP contribution >= 0.6 is 0 Å². The molecule has 0 aliphatic heterocycles. The van der Waals surface area contributed by atoms with Crippen molar-refractivity contribution in [3.63, 3.8) is 0 Å². The van der Waals surface area contributed by atoms with Gasteiger partial charge in [-0.2, -0.15) is 0 Å². The zero-order valence-corrected chi connectivity index (χ0v) is 10.2. The maximum absolute atomic E-state index is 10.4. The third-order valence-corrected chi connectivity index (χ3v) is 2.66. The Morgan fingerprint density at radius 2 is 2.18 bits per heavy atom. The molecule has 0 aromatic heterocycles. The first-order valence-corrected chi connectivity index (χ1v) is 5.76. The Bertz CT molecular complexity index is 390. The standard InChI is InChI=1S/C13H19NO3/c1-3-10-6-4-5-9(2)13(10)14-8-11(15)7-12(16)17/h4-6,11,14-15H,3,7-8H2,1-2H3,(H,16,17). The van der Waals surface area contributed by atoms with E-state index in [4.69, 9.17) is 5.11 Å². The third kappa shape index (κ3) is 4.07. The fourth-order valence-corrected chi connectivity index (χ4v) is 1.77. The molecule has 0 amide bonds. The fraction of sp³-hybridized carbons (Fsp3) is 0.462. The summed E-state index contributed by atoms with van der Waals surface area (Å²) in [6.07, 6.45) is -0.198. The van der Waals surface area contributed by atoms with Crippen LogP contribution in [0, 0.1) is 6.92 Å². The van der Waals surface area contributed by atoms with Gasteiger partial charge in [0.2, 0.25) is 0 Å². The van der Waals surface area contributed by atoms with Crippen LogP contribution in [0.3, 0.4) is 0 Å². The molecule has 0 aliphatic rings. The topological polar surface area (TPSA) is 69.6 Å². The van der Waals surface area contributed by atoms with Crippen molar-refractivity contribution in [3.05, 3.63) is 29.3 Å². The van der Waals surface area contributed by atoms with Gasteiger partial charge >= 0.3 is 5.97 Å². The first-order chi connectivity index (χ1) is 8.04. The number of carbonyl (C=O) groups is 1. The molecule has 94 valence electrons. The normalized spacial score (nSPS) is 12.2. The van der Waals surface area contributed by atoms with Crippen molar-refractivity contribution in [2.45, 2.75) is 32.8 Å². The van der Waals surface area contributed by atoms with Crippen molar-refractivity contribution in [1.82, 2.24) is 0 Å². The van der Waals surface area contributed by atoms with Crippen molar-refractivity contribution in [2.24, 2.45) is 0 Å². The van der Waals surface area contributed by atoms with Crippen LogP contribution < -0.4 is 5.32 Å². The van der Waals surface area contributed by atoms with Crippen LogP contribution in [-0.2, 0) is 11.2 Å². The molecule has 3 N–H and O–H groups in total. The van der Waals surface area contributed by atoms with E-state index in [0.717, 1.165) is 17.7 Å². The number of benzene rings is 1. The molecule has 1 aromatic rings. The van der Waals surface area contributed by atoms with Gasteiger partial charge in [-0.15, -0.1) is 0 Å². The van der Waals surface area contributed by atoms with Gasteiger partial charge in [0.05, 0.1) is 12.5 Å². The lowest BCUT2D eigenvalue weighted by Crippen LogP contribution is -2.23.